The summed E-state index contributed by atoms with van der Waals surface area (Å²) in [7, 11) is 3.90. The van der Waals surface area contributed by atoms with Crippen molar-refractivity contribution in [3.8, 4) is 0 Å². The van der Waals surface area contributed by atoms with Gasteiger partial charge in [0.1, 0.15) is 6.04 Å². The minimum absolute atomic E-state index is 0.0746. The standard InChI is InChI=1S/C9H20N4O3/c1-13(2)5-3-4-11-9(16)12-6-7(10)8(14)15/h7H,3-6,10H2,1-2H3,(H,14,15)(H2,11,12,16)/t7-/m0/s1. The van der Waals surface area contributed by atoms with Crippen molar-refractivity contribution in [1.82, 2.24) is 15.5 Å². The molecule has 0 saturated carbocycles. The summed E-state index contributed by atoms with van der Waals surface area (Å²) in [5, 5.41) is 13.5. The normalized spacial score (nSPS) is 12.2. The molecule has 0 unspecified atom stereocenters. The van der Waals surface area contributed by atoms with Crippen LogP contribution < -0.4 is 16.4 Å². The average Bonchev–Trinajstić information content (AvgIpc) is 2.20. The third-order valence-corrected chi connectivity index (χ3v) is 1.87. The van der Waals surface area contributed by atoms with Crippen molar-refractivity contribution < 1.29 is 14.7 Å². The largest absolute Gasteiger partial charge is 0.480 e. The Kier molecular flexibility index (Phi) is 7.23. The Bertz CT molecular complexity index is 233. The van der Waals surface area contributed by atoms with Crippen LogP contribution in [0.15, 0.2) is 0 Å². The Morgan fingerprint density at radius 3 is 2.50 bits per heavy atom. The van der Waals surface area contributed by atoms with Crippen molar-refractivity contribution in [3.05, 3.63) is 0 Å². The van der Waals surface area contributed by atoms with Gasteiger partial charge in [-0.3, -0.25) is 4.79 Å². The van der Waals surface area contributed by atoms with Gasteiger partial charge >= 0.3 is 12.0 Å². The lowest BCUT2D eigenvalue weighted by Crippen LogP contribution is -2.46. The third kappa shape index (κ3) is 8.01. The van der Waals surface area contributed by atoms with Crippen molar-refractivity contribution in [2.24, 2.45) is 5.73 Å². The molecule has 0 aliphatic rings. The van der Waals surface area contributed by atoms with E-state index < -0.39 is 18.0 Å². The molecule has 0 aromatic rings. The number of hydrogen-bond donors (Lipinski definition) is 4. The van der Waals surface area contributed by atoms with Gasteiger partial charge in [0, 0.05) is 13.1 Å². The van der Waals surface area contributed by atoms with Gasteiger partial charge in [-0.2, -0.15) is 0 Å². The predicted octanol–water partition coefficient (Wildman–Crippen LogP) is -1.35. The van der Waals surface area contributed by atoms with E-state index in [0.29, 0.717) is 6.54 Å². The van der Waals surface area contributed by atoms with Gasteiger partial charge in [0.05, 0.1) is 0 Å². The maximum absolute atomic E-state index is 11.1. The minimum Gasteiger partial charge on any atom is -0.480 e. The first-order chi connectivity index (χ1) is 7.43. The summed E-state index contributed by atoms with van der Waals surface area (Å²) in [5.41, 5.74) is 5.21. The zero-order valence-corrected chi connectivity index (χ0v) is 9.69. The van der Waals surface area contributed by atoms with E-state index in [2.05, 4.69) is 10.6 Å². The molecule has 0 bridgehead atoms. The first-order valence-electron chi connectivity index (χ1n) is 5.08. The number of carboxylic acid groups (broad SMARTS) is 1. The maximum Gasteiger partial charge on any atom is 0.322 e. The molecule has 94 valence electrons. The molecule has 1 atom stereocenters. The van der Waals surface area contributed by atoms with Crippen LogP contribution in [0.25, 0.3) is 0 Å². The lowest BCUT2D eigenvalue weighted by molar-refractivity contribution is -0.138. The molecule has 7 heteroatoms. The number of aliphatic carboxylic acids is 1. The second-order valence-electron chi connectivity index (χ2n) is 3.74. The zero-order valence-electron chi connectivity index (χ0n) is 9.69. The van der Waals surface area contributed by atoms with E-state index in [-0.39, 0.29) is 6.54 Å². The van der Waals surface area contributed by atoms with Gasteiger partial charge in [-0.25, -0.2) is 4.79 Å². The van der Waals surface area contributed by atoms with Gasteiger partial charge in [0.25, 0.3) is 0 Å². The topological polar surface area (TPSA) is 108 Å². The molecule has 5 N–H and O–H groups in total. The molecule has 0 aliphatic carbocycles. The van der Waals surface area contributed by atoms with Crippen LogP contribution in [0.3, 0.4) is 0 Å². The highest BCUT2D eigenvalue weighted by molar-refractivity contribution is 5.77. The van der Waals surface area contributed by atoms with Crippen molar-refractivity contribution in [1.29, 1.82) is 0 Å². The Morgan fingerprint density at radius 2 is 2.00 bits per heavy atom. The zero-order chi connectivity index (χ0) is 12.6. The number of urea groups is 1. The molecule has 0 saturated heterocycles. The summed E-state index contributed by atoms with van der Waals surface area (Å²) < 4.78 is 0. The smallest absolute Gasteiger partial charge is 0.322 e. The molecule has 0 fully saturated rings. The second kappa shape index (κ2) is 7.89. The van der Waals surface area contributed by atoms with E-state index >= 15 is 0 Å². The number of nitrogens with one attached hydrogen (secondary N) is 2. The second-order valence-corrected chi connectivity index (χ2v) is 3.74. The molecular formula is C9H20N4O3. The summed E-state index contributed by atoms with van der Waals surface area (Å²) >= 11 is 0. The molecule has 0 rings (SSSR count). The lowest BCUT2D eigenvalue weighted by Gasteiger charge is -2.11. The van der Waals surface area contributed by atoms with Gasteiger partial charge in [-0.05, 0) is 27.1 Å². The summed E-state index contributed by atoms with van der Waals surface area (Å²) in [6, 6.07) is -1.46. The SMILES string of the molecule is CN(C)CCCNC(=O)NC[C@H](N)C(=O)O. The van der Waals surface area contributed by atoms with Gasteiger partial charge in [-0.15, -0.1) is 0 Å². The fourth-order valence-electron chi connectivity index (χ4n) is 0.950. The highest BCUT2D eigenvalue weighted by Crippen LogP contribution is 1.81. The molecule has 0 aromatic carbocycles. The lowest BCUT2D eigenvalue weighted by atomic mass is 10.3. The Labute approximate surface area is 95.0 Å². The number of carbonyl (C=O) groups excluding carboxylic acids is 1. The van der Waals surface area contributed by atoms with Gasteiger partial charge in [0.15, 0.2) is 0 Å². The monoisotopic (exact) mass is 232 g/mol. The van der Waals surface area contributed by atoms with E-state index in [9.17, 15) is 9.59 Å². The molecule has 0 aromatic heterocycles. The van der Waals surface area contributed by atoms with Crippen LogP contribution in [0.4, 0.5) is 4.79 Å². The van der Waals surface area contributed by atoms with Gasteiger partial charge in [0.2, 0.25) is 0 Å². The molecule has 16 heavy (non-hydrogen) atoms. The van der Waals surface area contributed by atoms with Gasteiger partial charge < -0.3 is 26.4 Å². The van der Waals surface area contributed by atoms with E-state index in [1.807, 2.05) is 19.0 Å². The number of carboxylic acids is 1. The highest BCUT2D eigenvalue weighted by atomic mass is 16.4. The first-order valence-corrected chi connectivity index (χ1v) is 5.08. The molecule has 0 radical (unpaired) electrons. The van der Waals surface area contributed by atoms with E-state index in [1.54, 1.807) is 0 Å². The van der Waals surface area contributed by atoms with Gasteiger partial charge in [-0.1, -0.05) is 0 Å². The molecule has 0 spiro atoms. The Balaban J connectivity index is 3.48. The van der Waals surface area contributed by atoms with Crippen LogP contribution in [0.2, 0.25) is 0 Å². The van der Waals surface area contributed by atoms with Crippen molar-refractivity contribution in [2.45, 2.75) is 12.5 Å². The van der Waals surface area contributed by atoms with Crippen molar-refractivity contribution in [2.75, 3.05) is 33.7 Å². The predicted molar refractivity (Wildman–Crippen MR) is 60.2 cm³/mol. The molecule has 0 aliphatic heterocycles. The molecule has 2 amide bonds. The van der Waals surface area contributed by atoms with Crippen molar-refractivity contribution >= 4 is 12.0 Å². The van der Waals surface area contributed by atoms with E-state index in [0.717, 1.165) is 13.0 Å². The van der Waals surface area contributed by atoms with Crippen LogP contribution >= 0.6 is 0 Å². The molecular weight excluding hydrogens is 212 g/mol. The fourth-order valence-corrected chi connectivity index (χ4v) is 0.950. The van der Waals surface area contributed by atoms with E-state index in [1.165, 1.54) is 0 Å². The van der Waals surface area contributed by atoms with E-state index in [4.69, 9.17) is 10.8 Å². The summed E-state index contributed by atoms with van der Waals surface area (Å²) in [4.78, 5) is 23.5. The number of hydrogen-bond acceptors (Lipinski definition) is 4. The molecule has 0 heterocycles. The Hall–Kier alpha value is -1.34. The van der Waals surface area contributed by atoms with Crippen molar-refractivity contribution in [3.63, 3.8) is 0 Å². The van der Waals surface area contributed by atoms with Crippen LogP contribution in [-0.4, -0.2) is 61.8 Å². The van der Waals surface area contributed by atoms with Crippen LogP contribution in [0.1, 0.15) is 6.42 Å². The number of rotatable bonds is 7. The number of nitrogens with two attached hydrogens (primary N) is 1. The van der Waals surface area contributed by atoms with Crippen LogP contribution in [-0.2, 0) is 4.79 Å². The third-order valence-electron chi connectivity index (χ3n) is 1.87. The number of carbonyl (C=O) groups is 2. The van der Waals surface area contributed by atoms with Crippen LogP contribution in [0, 0.1) is 0 Å². The maximum atomic E-state index is 11.1. The van der Waals surface area contributed by atoms with Crippen LogP contribution in [0.5, 0.6) is 0 Å². The minimum atomic E-state index is -1.13. The number of amides is 2. The quantitative estimate of drug-likeness (QED) is 0.406. The molecule has 7 nitrogen and oxygen atoms in total. The highest BCUT2D eigenvalue weighted by Gasteiger charge is 2.11. The Morgan fingerprint density at radius 1 is 1.38 bits per heavy atom. The first kappa shape index (κ1) is 14.7. The number of nitrogens with zero attached hydrogens (tertiary/aromatic N) is 1. The summed E-state index contributed by atoms with van der Waals surface area (Å²) in [6.07, 6.45) is 0.839. The average molecular weight is 232 g/mol. The summed E-state index contributed by atoms with van der Waals surface area (Å²) in [5.74, 6) is -1.13. The fraction of sp³-hybridized carbons (Fsp3) is 0.778. The summed E-state index contributed by atoms with van der Waals surface area (Å²) in [6.45, 7) is 1.36.